The van der Waals surface area contributed by atoms with Crippen molar-refractivity contribution in [3.05, 3.63) is 29.3 Å². The van der Waals surface area contributed by atoms with Crippen molar-refractivity contribution in [2.45, 2.75) is 53.2 Å². The van der Waals surface area contributed by atoms with Crippen LogP contribution in [0.4, 0.5) is 0 Å². The molecule has 3 nitrogen and oxygen atoms in total. The van der Waals surface area contributed by atoms with E-state index < -0.39 is 0 Å². The Balaban J connectivity index is 2.52. The normalized spacial score (nSPS) is 13.3. The van der Waals surface area contributed by atoms with Crippen LogP contribution in [0.25, 0.3) is 0 Å². The molecule has 0 aliphatic rings. The van der Waals surface area contributed by atoms with Gasteiger partial charge in [0.25, 0.3) is 0 Å². The molecule has 0 fully saturated rings. The third-order valence-electron chi connectivity index (χ3n) is 3.09. The van der Waals surface area contributed by atoms with Gasteiger partial charge in [-0.1, -0.05) is 19.1 Å². The molecule has 1 aromatic rings. The van der Waals surface area contributed by atoms with Gasteiger partial charge in [0.2, 0.25) is 0 Å². The fraction of sp³-hybridized carbons (Fsp3) is 0.647. The van der Waals surface area contributed by atoms with E-state index >= 15 is 0 Å². The summed E-state index contributed by atoms with van der Waals surface area (Å²) in [5, 5.41) is 3.42. The Bertz CT molecular complexity index is 410. The fourth-order valence-corrected chi connectivity index (χ4v) is 2.03. The smallest absolute Gasteiger partial charge is 0.122 e. The van der Waals surface area contributed by atoms with E-state index in [1.54, 1.807) is 0 Å². The highest BCUT2D eigenvalue weighted by Crippen LogP contribution is 2.22. The molecular weight excluding hydrogens is 250 g/mol. The second kappa shape index (κ2) is 7.65. The summed E-state index contributed by atoms with van der Waals surface area (Å²) in [5.74, 6) is 0.940. The predicted octanol–water partition coefficient (Wildman–Crippen LogP) is 3.86. The summed E-state index contributed by atoms with van der Waals surface area (Å²) in [6.07, 6.45) is 0. The first-order chi connectivity index (χ1) is 9.33. The molecule has 1 unspecified atom stereocenters. The van der Waals surface area contributed by atoms with Gasteiger partial charge in [-0.15, -0.1) is 0 Å². The van der Waals surface area contributed by atoms with Crippen LogP contribution >= 0.6 is 0 Å². The number of rotatable bonds is 7. The molecule has 1 rings (SSSR count). The third-order valence-corrected chi connectivity index (χ3v) is 3.09. The van der Waals surface area contributed by atoms with E-state index in [1.165, 1.54) is 11.1 Å². The van der Waals surface area contributed by atoms with Gasteiger partial charge in [-0.25, -0.2) is 0 Å². The molecule has 0 amide bonds. The van der Waals surface area contributed by atoms with Crippen molar-refractivity contribution in [3.8, 4) is 5.75 Å². The van der Waals surface area contributed by atoms with Crippen LogP contribution in [0.5, 0.6) is 5.75 Å². The Labute approximate surface area is 123 Å². The summed E-state index contributed by atoms with van der Waals surface area (Å²) < 4.78 is 11.4. The molecular formula is C17H29NO2. The van der Waals surface area contributed by atoms with Crippen molar-refractivity contribution in [3.63, 3.8) is 0 Å². The molecule has 0 bridgehead atoms. The minimum atomic E-state index is -0.108. The number of aryl methyl sites for hydroxylation is 1. The summed E-state index contributed by atoms with van der Waals surface area (Å²) in [6, 6.07) is 6.74. The van der Waals surface area contributed by atoms with Crippen molar-refractivity contribution < 1.29 is 9.47 Å². The molecule has 1 aromatic carbocycles. The Morgan fingerprint density at radius 3 is 2.45 bits per heavy atom. The molecule has 114 valence electrons. The molecule has 0 aliphatic carbocycles. The first-order valence-corrected chi connectivity index (χ1v) is 7.44. The summed E-state index contributed by atoms with van der Waals surface area (Å²) in [7, 11) is 0. The van der Waals surface area contributed by atoms with Gasteiger partial charge in [0.1, 0.15) is 12.4 Å². The first-order valence-electron chi connectivity index (χ1n) is 7.44. The van der Waals surface area contributed by atoms with Crippen LogP contribution in [-0.2, 0) is 4.74 Å². The van der Waals surface area contributed by atoms with Gasteiger partial charge in [0, 0.05) is 6.04 Å². The average molecular weight is 279 g/mol. The Morgan fingerprint density at radius 2 is 1.90 bits per heavy atom. The van der Waals surface area contributed by atoms with E-state index in [-0.39, 0.29) is 5.60 Å². The van der Waals surface area contributed by atoms with Crippen LogP contribution in [0.3, 0.4) is 0 Å². The molecule has 0 aromatic heterocycles. The molecule has 0 heterocycles. The summed E-state index contributed by atoms with van der Waals surface area (Å²) in [4.78, 5) is 0. The van der Waals surface area contributed by atoms with Crippen molar-refractivity contribution in [1.82, 2.24) is 5.32 Å². The lowest BCUT2D eigenvalue weighted by Crippen LogP contribution is -2.22. The molecule has 20 heavy (non-hydrogen) atoms. The topological polar surface area (TPSA) is 30.5 Å². The number of benzene rings is 1. The van der Waals surface area contributed by atoms with E-state index in [1.807, 2.05) is 0 Å². The second-order valence-electron chi connectivity index (χ2n) is 6.11. The van der Waals surface area contributed by atoms with E-state index in [9.17, 15) is 0 Å². The van der Waals surface area contributed by atoms with Crippen LogP contribution < -0.4 is 10.1 Å². The number of ether oxygens (including phenoxy) is 2. The first kappa shape index (κ1) is 17.0. The third kappa shape index (κ3) is 5.93. The Morgan fingerprint density at radius 1 is 1.20 bits per heavy atom. The van der Waals surface area contributed by atoms with Crippen LogP contribution in [0, 0.1) is 6.92 Å². The van der Waals surface area contributed by atoms with Crippen LogP contribution in [0.15, 0.2) is 18.2 Å². The molecule has 0 saturated heterocycles. The highest BCUT2D eigenvalue weighted by Gasteiger charge is 2.10. The van der Waals surface area contributed by atoms with E-state index in [0.29, 0.717) is 19.3 Å². The maximum Gasteiger partial charge on any atom is 0.122 e. The van der Waals surface area contributed by atoms with E-state index in [0.717, 1.165) is 12.3 Å². The standard InChI is InChI=1S/C17H29NO2/c1-7-18-14(3)15-8-9-16(13(2)12-15)19-10-11-20-17(4,5)6/h8-9,12,14,18H,7,10-11H2,1-6H3. The summed E-state index contributed by atoms with van der Waals surface area (Å²) >= 11 is 0. The van der Waals surface area contributed by atoms with E-state index in [4.69, 9.17) is 9.47 Å². The van der Waals surface area contributed by atoms with Gasteiger partial charge < -0.3 is 14.8 Å². The summed E-state index contributed by atoms with van der Waals surface area (Å²) in [5.41, 5.74) is 2.36. The van der Waals surface area contributed by atoms with Gasteiger partial charge in [-0.2, -0.15) is 0 Å². The number of hydrogen-bond acceptors (Lipinski definition) is 3. The Kier molecular flexibility index (Phi) is 6.50. The van der Waals surface area contributed by atoms with Gasteiger partial charge in [-0.3, -0.25) is 0 Å². The minimum absolute atomic E-state index is 0.108. The molecule has 0 radical (unpaired) electrons. The largest absolute Gasteiger partial charge is 0.491 e. The molecule has 3 heteroatoms. The van der Waals surface area contributed by atoms with Crippen LogP contribution in [0.1, 0.15) is 51.8 Å². The highest BCUT2D eigenvalue weighted by molar-refractivity contribution is 5.37. The average Bonchev–Trinajstić information content (AvgIpc) is 2.35. The minimum Gasteiger partial charge on any atom is -0.491 e. The lowest BCUT2D eigenvalue weighted by molar-refractivity contribution is -0.0163. The number of nitrogens with one attached hydrogen (secondary N) is 1. The van der Waals surface area contributed by atoms with Crippen molar-refractivity contribution in [2.24, 2.45) is 0 Å². The van der Waals surface area contributed by atoms with Crippen molar-refractivity contribution in [1.29, 1.82) is 0 Å². The fourth-order valence-electron chi connectivity index (χ4n) is 2.03. The molecule has 1 atom stereocenters. The zero-order chi connectivity index (χ0) is 15.2. The predicted molar refractivity (Wildman–Crippen MR) is 84.5 cm³/mol. The van der Waals surface area contributed by atoms with Crippen molar-refractivity contribution >= 4 is 0 Å². The maximum atomic E-state index is 5.78. The lowest BCUT2D eigenvalue weighted by Gasteiger charge is -2.20. The molecule has 0 aliphatic heterocycles. The second-order valence-corrected chi connectivity index (χ2v) is 6.11. The molecule has 0 saturated carbocycles. The zero-order valence-corrected chi connectivity index (χ0v) is 13.7. The summed E-state index contributed by atoms with van der Waals surface area (Å²) in [6.45, 7) is 14.7. The van der Waals surface area contributed by atoms with Gasteiger partial charge in [0.05, 0.1) is 12.2 Å². The molecule has 1 N–H and O–H groups in total. The maximum absolute atomic E-state index is 5.78. The van der Waals surface area contributed by atoms with Crippen LogP contribution in [0.2, 0.25) is 0 Å². The lowest BCUT2D eigenvalue weighted by atomic mass is 10.1. The monoisotopic (exact) mass is 279 g/mol. The van der Waals surface area contributed by atoms with Gasteiger partial charge in [-0.05, 0) is 58.4 Å². The Hall–Kier alpha value is -1.06. The van der Waals surface area contributed by atoms with Crippen molar-refractivity contribution in [2.75, 3.05) is 19.8 Å². The number of hydrogen-bond donors (Lipinski definition) is 1. The van der Waals surface area contributed by atoms with Crippen LogP contribution in [-0.4, -0.2) is 25.4 Å². The van der Waals surface area contributed by atoms with Gasteiger partial charge in [0.15, 0.2) is 0 Å². The SMILES string of the molecule is CCNC(C)c1ccc(OCCOC(C)(C)C)c(C)c1. The quantitative estimate of drug-likeness (QED) is 0.769. The van der Waals surface area contributed by atoms with E-state index in [2.05, 4.69) is 65.1 Å². The van der Waals surface area contributed by atoms with Gasteiger partial charge >= 0.3 is 0 Å². The zero-order valence-electron chi connectivity index (χ0n) is 13.7. The molecule has 0 spiro atoms. The highest BCUT2D eigenvalue weighted by atomic mass is 16.5.